The first-order chi connectivity index (χ1) is 7.75. The summed E-state index contributed by atoms with van der Waals surface area (Å²) >= 11 is 5.30. The lowest BCUT2D eigenvalue weighted by Gasteiger charge is -2.01. The number of hydrogen-bond acceptors (Lipinski definition) is 3. The maximum absolute atomic E-state index is 11.1. The van der Waals surface area contributed by atoms with Gasteiger partial charge in [-0.1, -0.05) is 47.1 Å². The second kappa shape index (κ2) is 6.63. The fraction of sp³-hybridized carbons (Fsp3) is 0.0909. The standard InChI is InChI=1S/C11H11ClN2O2/c12-7-4-8-16-14-10(11(13)15)9-5-2-1-3-6-9/h1-7H,8H2,(H2,13,15)/b7-4+,14-10+. The van der Waals surface area contributed by atoms with E-state index in [9.17, 15) is 4.79 Å². The minimum Gasteiger partial charge on any atom is -0.391 e. The van der Waals surface area contributed by atoms with Crippen molar-refractivity contribution in [3.05, 3.63) is 47.5 Å². The maximum atomic E-state index is 11.1. The molecule has 4 nitrogen and oxygen atoms in total. The third-order valence-corrected chi connectivity index (χ3v) is 1.87. The van der Waals surface area contributed by atoms with Gasteiger partial charge in [0.05, 0.1) is 0 Å². The fourth-order valence-electron chi connectivity index (χ4n) is 1.02. The first-order valence-electron chi connectivity index (χ1n) is 4.56. The Morgan fingerprint density at radius 3 is 2.69 bits per heavy atom. The molecular weight excluding hydrogens is 228 g/mol. The number of amides is 1. The lowest BCUT2D eigenvalue weighted by molar-refractivity contribution is -0.112. The summed E-state index contributed by atoms with van der Waals surface area (Å²) in [6.45, 7) is 0.188. The van der Waals surface area contributed by atoms with Gasteiger partial charge >= 0.3 is 0 Å². The average Bonchev–Trinajstić information content (AvgIpc) is 2.30. The molecule has 5 heteroatoms. The van der Waals surface area contributed by atoms with Crippen LogP contribution in [0.5, 0.6) is 0 Å². The van der Waals surface area contributed by atoms with Gasteiger partial charge in [-0.15, -0.1) is 0 Å². The Hall–Kier alpha value is -1.81. The second-order valence-electron chi connectivity index (χ2n) is 2.83. The molecule has 16 heavy (non-hydrogen) atoms. The van der Waals surface area contributed by atoms with Gasteiger partial charge < -0.3 is 10.6 Å². The van der Waals surface area contributed by atoms with E-state index in [1.54, 1.807) is 30.3 Å². The highest BCUT2D eigenvalue weighted by Gasteiger charge is 2.10. The number of nitrogens with zero attached hydrogens (tertiary/aromatic N) is 1. The first-order valence-corrected chi connectivity index (χ1v) is 4.99. The van der Waals surface area contributed by atoms with Gasteiger partial charge in [0.1, 0.15) is 6.61 Å². The van der Waals surface area contributed by atoms with Gasteiger partial charge in [-0.25, -0.2) is 0 Å². The molecule has 84 valence electrons. The molecule has 0 fully saturated rings. The van der Waals surface area contributed by atoms with Gasteiger partial charge in [0.2, 0.25) is 0 Å². The van der Waals surface area contributed by atoms with Crippen LogP contribution in [0.3, 0.4) is 0 Å². The largest absolute Gasteiger partial charge is 0.391 e. The van der Waals surface area contributed by atoms with E-state index in [1.165, 1.54) is 5.54 Å². The Labute approximate surface area is 98.3 Å². The number of halogens is 1. The molecule has 1 aromatic rings. The molecule has 0 radical (unpaired) electrons. The van der Waals surface area contributed by atoms with E-state index in [0.717, 1.165) is 0 Å². The van der Waals surface area contributed by atoms with Gasteiger partial charge in [0.15, 0.2) is 5.71 Å². The van der Waals surface area contributed by atoms with E-state index in [2.05, 4.69) is 5.16 Å². The molecule has 0 aliphatic heterocycles. The third kappa shape index (κ3) is 3.74. The van der Waals surface area contributed by atoms with E-state index in [4.69, 9.17) is 22.2 Å². The molecule has 0 bridgehead atoms. The maximum Gasteiger partial charge on any atom is 0.271 e. The first kappa shape index (κ1) is 12.3. The van der Waals surface area contributed by atoms with Gasteiger partial charge in [-0.3, -0.25) is 4.79 Å². The number of carbonyl (C=O) groups excluding carboxylic acids is 1. The van der Waals surface area contributed by atoms with Crippen molar-refractivity contribution in [2.75, 3.05) is 6.61 Å². The van der Waals surface area contributed by atoms with Gasteiger partial charge in [-0.2, -0.15) is 0 Å². The van der Waals surface area contributed by atoms with Crippen LogP contribution in [0.4, 0.5) is 0 Å². The number of rotatable bonds is 5. The predicted molar refractivity (Wildman–Crippen MR) is 63.1 cm³/mol. The number of oxime groups is 1. The summed E-state index contributed by atoms with van der Waals surface area (Å²) in [5, 5.41) is 3.66. The van der Waals surface area contributed by atoms with Crippen molar-refractivity contribution >= 4 is 23.2 Å². The number of benzene rings is 1. The van der Waals surface area contributed by atoms with Gasteiger partial charge in [-0.05, 0) is 6.08 Å². The van der Waals surface area contributed by atoms with Crippen LogP contribution in [0.15, 0.2) is 47.1 Å². The number of hydrogen-bond donors (Lipinski definition) is 1. The van der Waals surface area contributed by atoms with Crippen molar-refractivity contribution in [3.8, 4) is 0 Å². The van der Waals surface area contributed by atoms with Crippen LogP contribution in [0.25, 0.3) is 0 Å². The molecule has 0 saturated carbocycles. The molecule has 0 spiro atoms. The van der Waals surface area contributed by atoms with Crippen molar-refractivity contribution < 1.29 is 9.63 Å². The molecule has 1 aromatic carbocycles. The highest BCUT2D eigenvalue weighted by Crippen LogP contribution is 2.01. The van der Waals surface area contributed by atoms with Crippen molar-refractivity contribution in [2.24, 2.45) is 10.9 Å². The SMILES string of the molecule is NC(=O)/C(=N/OC/C=C/Cl)c1ccccc1. The van der Waals surface area contributed by atoms with Crippen LogP contribution >= 0.6 is 11.6 Å². The topological polar surface area (TPSA) is 64.7 Å². The molecule has 1 amide bonds. The molecule has 0 aliphatic rings. The zero-order chi connectivity index (χ0) is 11.8. The van der Waals surface area contributed by atoms with Crippen LogP contribution in [0.1, 0.15) is 5.56 Å². The molecular formula is C11H11ClN2O2. The Bertz CT molecular complexity index is 402. The minimum atomic E-state index is -0.638. The molecule has 2 N–H and O–H groups in total. The van der Waals surface area contributed by atoms with E-state index >= 15 is 0 Å². The molecule has 0 unspecified atom stereocenters. The van der Waals surface area contributed by atoms with Crippen LogP contribution in [0, 0.1) is 0 Å². The summed E-state index contributed by atoms with van der Waals surface area (Å²) in [7, 11) is 0. The molecule has 0 atom stereocenters. The Balaban J connectivity index is 2.80. The van der Waals surface area contributed by atoms with Crippen LogP contribution < -0.4 is 5.73 Å². The quantitative estimate of drug-likeness (QED) is 0.482. The predicted octanol–water partition coefficient (Wildman–Crippen LogP) is 1.65. The van der Waals surface area contributed by atoms with Crippen molar-refractivity contribution in [1.29, 1.82) is 0 Å². The highest BCUT2D eigenvalue weighted by atomic mass is 35.5. The number of carbonyl (C=O) groups is 1. The summed E-state index contributed by atoms with van der Waals surface area (Å²) < 4.78 is 0. The van der Waals surface area contributed by atoms with Crippen LogP contribution in [-0.2, 0) is 9.63 Å². The minimum absolute atomic E-state index is 0.0866. The fourth-order valence-corrected chi connectivity index (χ4v) is 1.09. The van der Waals surface area contributed by atoms with E-state index in [-0.39, 0.29) is 12.3 Å². The molecule has 0 aliphatic carbocycles. The summed E-state index contributed by atoms with van der Waals surface area (Å²) in [5.41, 5.74) is 7.20. The molecule has 0 aromatic heterocycles. The lowest BCUT2D eigenvalue weighted by Crippen LogP contribution is -2.24. The second-order valence-corrected chi connectivity index (χ2v) is 3.08. The Morgan fingerprint density at radius 2 is 2.12 bits per heavy atom. The Morgan fingerprint density at radius 1 is 1.44 bits per heavy atom. The Kier molecular flexibility index (Phi) is 5.08. The summed E-state index contributed by atoms with van der Waals surface area (Å²) in [6, 6.07) is 8.85. The monoisotopic (exact) mass is 238 g/mol. The summed E-state index contributed by atoms with van der Waals surface area (Å²) in [6.07, 6.45) is 1.55. The molecule has 1 rings (SSSR count). The zero-order valence-corrected chi connectivity index (χ0v) is 9.22. The zero-order valence-electron chi connectivity index (χ0n) is 8.47. The van der Waals surface area contributed by atoms with Gasteiger partial charge in [0.25, 0.3) is 5.91 Å². The molecule has 0 heterocycles. The lowest BCUT2D eigenvalue weighted by atomic mass is 10.1. The summed E-state index contributed by atoms with van der Waals surface area (Å²) in [4.78, 5) is 16.0. The third-order valence-electron chi connectivity index (χ3n) is 1.70. The van der Waals surface area contributed by atoms with Crippen molar-refractivity contribution in [3.63, 3.8) is 0 Å². The van der Waals surface area contributed by atoms with E-state index in [0.29, 0.717) is 5.56 Å². The van der Waals surface area contributed by atoms with Gasteiger partial charge in [0, 0.05) is 11.1 Å². The van der Waals surface area contributed by atoms with Crippen LogP contribution in [0.2, 0.25) is 0 Å². The van der Waals surface area contributed by atoms with Crippen molar-refractivity contribution in [1.82, 2.24) is 0 Å². The summed E-state index contributed by atoms with van der Waals surface area (Å²) in [5.74, 6) is -0.638. The van der Waals surface area contributed by atoms with Crippen molar-refractivity contribution in [2.45, 2.75) is 0 Å². The van der Waals surface area contributed by atoms with E-state index in [1.807, 2.05) is 6.07 Å². The molecule has 0 saturated heterocycles. The smallest absolute Gasteiger partial charge is 0.271 e. The normalized spacial score (nSPS) is 11.7. The average molecular weight is 239 g/mol. The van der Waals surface area contributed by atoms with E-state index < -0.39 is 5.91 Å². The van der Waals surface area contributed by atoms with Crippen LogP contribution in [-0.4, -0.2) is 18.2 Å². The number of nitrogens with two attached hydrogens (primary N) is 1. The number of primary amides is 1. The highest BCUT2D eigenvalue weighted by molar-refractivity contribution is 6.44.